The van der Waals surface area contributed by atoms with Crippen molar-refractivity contribution >= 4 is 17.5 Å². The Bertz CT molecular complexity index is 438. The largest absolute Gasteiger partial charge is 0.491 e. The molecule has 0 aliphatic heterocycles. The van der Waals surface area contributed by atoms with Crippen molar-refractivity contribution < 1.29 is 23.1 Å². The molecule has 0 aliphatic carbocycles. The summed E-state index contributed by atoms with van der Waals surface area (Å²) in [5, 5.41) is 2.02. The van der Waals surface area contributed by atoms with Crippen LogP contribution in [-0.4, -0.2) is 24.8 Å². The molecule has 1 aromatic carbocycles. The van der Waals surface area contributed by atoms with Crippen LogP contribution in [0.2, 0.25) is 0 Å². The maximum absolute atomic E-state index is 12.1. The van der Waals surface area contributed by atoms with Crippen LogP contribution in [0.1, 0.15) is 6.42 Å². The van der Waals surface area contributed by atoms with E-state index in [1.54, 1.807) is 12.1 Å². The van der Waals surface area contributed by atoms with Gasteiger partial charge in [0.15, 0.2) is 0 Å². The Kier molecular flexibility index (Phi) is 5.04. The third-order valence-corrected chi connectivity index (χ3v) is 1.95. The average Bonchev–Trinajstić information content (AvgIpc) is 2.30. The summed E-state index contributed by atoms with van der Waals surface area (Å²) in [4.78, 5) is 21.4. The maximum Gasteiger partial charge on any atom is 0.315 e. The lowest BCUT2D eigenvalue weighted by molar-refractivity contribution is -0.126. The second-order valence-corrected chi connectivity index (χ2v) is 3.35. The first-order valence-electron chi connectivity index (χ1n) is 5.10. The molecule has 2 amide bonds. The first-order chi connectivity index (χ1) is 8.50. The first-order valence-corrected chi connectivity index (χ1v) is 5.10. The van der Waals surface area contributed by atoms with Crippen molar-refractivity contribution in [3.63, 3.8) is 0 Å². The molecule has 0 saturated carbocycles. The van der Waals surface area contributed by atoms with Crippen LogP contribution < -0.4 is 15.8 Å². The summed E-state index contributed by atoms with van der Waals surface area (Å²) in [6, 6.07) is 6.07. The number of carbonyl (C=O) groups is 2. The van der Waals surface area contributed by atoms with Gasteiger partial charge < -0.3 is 15.8 Å². The zero-order valence-corrected chi connectivity index (χ0v) is 9.36. The van der Waals surface area contributed by atoms with Crippen molar-refractivity contribution in [3.05, 3.63) is 24.3 Å². The number of anilines is 1. The van der Waals surface area contributed by atoms with Crippen molar-refractivity contribution in [2.45, 2.75) is 12.8 Å². The van der Waals surface area contributed by atoms with E-state index in [1.165, 1.54) is 12.1 Å². The molecule has 0 spiro atoms. The molecule has 0 aliphatic rings. The highest BCUT2D eigenvalue weighted by atomic mass is 19.3. The van der Waals surface area contributed by atoms with Gasteiger partial charge in [-0.15, -0.1) is 0 Å². The summed E-state index contributed by atoms with van der Waals surface area (Å²) in [6.07, 6.45) is -3.11. The Balaban J connectivity index is 2.67. The zero-order valence-electron chi connectivity index (χ0n) is 9.36. The van der Waals surface area contributed by atoms with Gasteiger partial charge in [-0.3, -0.25) is 9.59 Å². The Hall–Kier alpha value is -2.18. The number of benzene rings is 1. The highest BCUT2D eigenvalue weighted by Gasteiger charge is 2.16. The van der Waals surface area contributed by atoms with E-state index >= 15 is 0 Å². The molecular weight excluding hydrogens is 246 g/mol. The smallest absolute Gasteiger partial charge is 0.315 e. The van der Waals surface area contributed by atoms with E-state index in [2.05, 4.69) is 0 Å². The summed E-state index contributed by atoms with van der Waals surface area (Å²) in [5.74, 6) is -1.75. The van der Waals surface area contributed by atoms with Crippen LogP contribution in [0.15, 0.2) is 24.3 Å². The molecule has 18 heavy (non-hydrogen) atoms. The number of primary amides is 1. The highest BCUT2D eigenvalue weighted by Crippen LogP contribution is 2.24. The van der Waals surface area contributed by atoms with Crippen molar-refractivity contribution in [3.8, 4) is 5.75 Å². The second-order valence-electron chi connectivity index (χ2n) is 3.35. The fourth-order valence-corrected chi connectivity index (χ4v) is 1.14. The topological polar surface area (TPSA) is 81.4 Å². The molecule has 0 saturated heterocycles. The molecule has 1 aromatic rings. The highest BCUT2D eigenvalue weighted by molar-refractivity contribution is 5.94. The third kappa shape index (κ3) is 4.36. The van der Waals surface area contributed by atoms with Gasteiger partial charge in [-0.1, -0.05) is 12.1 Å². The lowest BCUT2D eigenvalue weighted by Gasteiger charge is -2.11. The van der Waals surface area contributed by atoms with E-state index in [9.17, 15) is 18.4 Å². The molecule has 0 fully saturated rings. The van der Waals surface area contributed by atoms with Crippen LogP contribution in [0.5, 0.6) is 5.75 Å². The van der Waals surface area contributed by atoms with E-state index in [0.29, 0.717) is 0 Å². The number of para-hydroxylation sites is 2. The monoisotopic (exact) mass is 258 g/mol. The number of hydrogen-bond donors (Lipinski definition) is 2. The second kappa shape index (κ2) is 6.53. The van der Waals surface area contributed by atoms with Gasteiger partial charge in [0.1, 0.15) is 5.75 Å². The van der Waals surface area contributed by atoms with Crippen LogP contribution >= 0.6 is 0 Å². The molecule has 0 unspecified atom stereocenters. The van der Waals surface area contributed by atoms with Crippen LogP contribution in [0.3, 0.4) is 0 Å². The number of halogens is 2. The number of nitrogens with one attached hydrogen (secondary N) is 1. The number of nitrogens with two attached hydrogens (primary N) is 1. The zero-order chi connectivity index (χ0) is 13.5. The standard InChI is InChI=1S/C11H12F2N2O3/c12-10(13)11(17)15-7-3-1-2-4-8(7)18-6-5-9(14)16/h1-4,10H,5-6H2,(H2,14,16)(H,15,17). The minimum Gasteiger partial charge on any atom is -0.491 e. The van der Waals surface area contributed by atoms with Gasteiger partial charge in [0.2, 0.25) is 5.91 Å². The predicted octanol–water partition coefficient (Wildman–Crippen LogP) is 1.14. The number of alkyl halides is 2. The van der Waals surface area contributed by atoms with Crippen molar-refractivity contribution in [2.75, 3.05) is 11.9 Å². The summed E-state index contributed by atoms with van der Waals surface area (Å²) in [5.41, 5.74) is 5.05. The Morgan fingerprint density at radius 1 is 1.33 bits per heavy atom. The quantitative estimate of drug-likeness (QED) is 0.802. The Morgan fingerprint density at radius 3 is 2.61 bits per heavy atom. The first kappa shape index (κ1) is 13.9. The maximum atomic E-state index is 12.1. The van der Waals surface area contributed by atoms with Gasteiger partial charge >= 0.3 is 6.43 Å². The molecule has 0 bridgehead atoms. The summed E-state index contributed by atoms with van der Waals surface area (Å²) in [6.45, 7) is 0.0108. The van der Waals surface area contributed by atoms with Gasteiger partial charge in [-0.05, 0) is 12.1 Å². The molecule has 98 valence electrons. The van der Waals surface area contributed by atoms with Gasteiger partial charge in [0.05, 0.1) is 18.7 Å². The Morgan fingerprint density at radius 2 is 2.00 bits per heavy atom. The molecule has 3 N–H and O–H groups in total. The van der Waals surface area contributed by atoms with Crippen LogP contribution in [0.25, 0.3) is 0 Å². The summed E-state index contributed by atoms with van der Waals surface area (Å²) in [7, 11) is 0. The van der Waals surface area contributed by atoms with Gasteiger partial charge in [0.25, 0.3) is 5.91 Å². The number of ether oxygens (including phenoxy) is 1. The van der Waals surface area contributed by atoms with E-state index in [4.69, 9.17) is 10.5 Å². The summed E-state index contributed by atoms with van der Waals surface area (Å²) >= 11 is 0. The molecule has 0 radical (unpaired) electrons. The Labute approximate surface area is 102 Å². The molecular formula is C11H12F2N2O3. The van der Waals surface area contributed by atoms with Crippen molar-refractivity contribution in [2.24, 2.45) is 5.73 Å². The lowest BCUT2D eigenvalue weighted by atomic mass is 10.3. The van der Waals surface area contributed by atoms with Crippen LogP contribution in [-0.2, 0) is 9.59 Å². The molecule has 0 atom stereocenters. The van der Waals surface area contributed by atoms with Crippen LogP contribution in [0.4, 0.5) is 14.5 Å². The predicted molar refractivity (Wildman–Crippen MR) is 60.4 cm³/mol. The average molecular weight is 258 g/mol. The molecule has 7 heteroatoms. The fourth-order valence-electron chi connectivity index (χ4n) is 1.14. The van der Waals surface area contributed by atoms with E-state index in [0.717, 1.165) is 0 Å². The summed E-state index contributed by atoms with van der Waals surface area (Å²) < 4.78 is 29.3. The molecule has 0 aromatic heterocycles. The minimum atomic E-state index is -3.11. The lowest BCUT2D eigenvalue weighted by Crippen LogP contribution is -2.21. The molecule has 0 heterocycles. The molecule has 5 nitrogen and oxygen atoms in total. The molecule has 1 rings (SSSR count). The van der Waals surface area contributed by atoms with E-state index in [1.807, 2.05) is 5.32 Å². The number of rotatable bonds is 6. The van der Waals surface area contributed by atoms with Crippen molar-refractivity contribution in [1.29, 1.82) is 0 Å². The van der Waals surface area contributed by atoms with Crippen LogP contribution in [0, 0.1) is 0 Å². The van der Waals surface area contributed by atoms with E-state index in [-0.39, 0.29) is 24.5 Å². The number of carbonyl (C=O) groups excluding carboxylic acids is 2. The number of amides is 2. The minimum absolute atomic E-state index is 0.00285. The fraction of sp³-hybridized carbons (Fsp3) is 0.273. The van der Waals surface area contributed by atoms with Crippen molar-refractivity contribution in [1.82, 2.24) is 0 Å². The third-order valence-electron chi connectivity index (χ3n) is 1.95. The normalized spacial score (nSPS) is 10.2. The number of hydrogen-bond acceptors (Lipinski definition) is 3. The SMILES string of the molecule is NC(=O)CCOc1ccccc1NC(=O)C(F)F. The van der Waals surface area contributed by atoms with Gasteiger partial charge in [-0.25, -0.2) is 0 Å². The van der Waals surface area contributed by atoms with Gasteiger partial charge in [-0.2, -0.15) is 8.78 Å². The van der Waals surface area contributed by atoms with E-state index < -0.39 is 18.2 Å². The van der Waals surface area contributed by atoms with Gasteiger partial charge in [0, 0.05) is 0 Å².